The van der Waals surface area contributed by atoms with E-state index in [1.54, 1.807) is 17.2 Å². The van der Waals surface area contributed by atoms with Gasteiger partial charge in [-0.2, -0.15) is 0 Å². The van der Waals surface area contributed by atoms with E-state index < -0.39 is 5.54 Å². The standard InChI is InChI=1S/C13H15N7/c1-13(2,14)12-15-7-11(17-12)9-4-3-5-10(6-9)20-8-16-18-19-20/h3-8H,14H2,1-2H3,(H,15,17). The maximum Gasteiger partial charge on any atom is 0.143 e. The maximum atomic E-state index is 6.03. The van der Waals surface area contributed by atoms with Gasteiger partial charge in [-0.3, -0.25) is 0 Å². The summed E-state index contributed by atoms with van der Waals surface area (Å²) in [4.78, 5) is 7.57. The van der Waals surface area contributed by atoms with Gasteiger partial charge in [0, 0.05) is 5.56 Å². The van der Waals surface area contributed by atoms with E-state index in [0.717, 1.165) is 22.8 Å². The van der Waals surface area contributed by atoms with E-state index in [9.17, 15) is 0 Å². The van der Waals surface area contributed by atoms with Crippen LogP contribution in [-0.2, 0) is 5.54 Å². The second-order valence-corrected chi connectivity index (χ2v) is 5.17. The first kappa shape index (κ1) is 12.5. The Kier molecular flexibility index (Phi) is 2.83. The number of aromatic amines is 1. The van der Waals surface area contributed by atoms with E-state index >= 15 is 0 Å². The molecule has 3 N–H and O–H groups in total. The number of hydrogen-bond acceptors (Lipinski definition) is 5. The van der Waals surface area contributed by atoms with Gasteiger partial charge in [0.05, 0.1) is 23.1 Å². The Labute approximate surface area is 115 Å². The largest absolute Gasteiger partial charge is 0.340 e. The molecule has 0 amide bonds. The third-order valence-corrected chi connectivity index (χ3v) is 2.96. The van der Waals surface area contributed by atoms with Crippen LogP contribution < -0.4 is 5.73 Å². The zero-order valence-corrected chi connectivity index (χ0v) is 11.3. The molecule has 20 heavy (non-hydrogen) atoms. The molecule has 0 atom stereocenters. The zero-order chi connectivity index (χ0) is 14.2. The smallest absolute Gasteiger partial charge is 0.143 e. The number of tetrazole rings is 1. The van der Waals surface area contributed by atoms with Gasteiger partial charge in [-0.1, -0.05) is 12.1 Å². The molecule has 3 rings (SSSR count). The summed E-state index contributed by atoms with van der Waals surface area (Å²) in [5.41, 5.74) is 8.33. The molecular formula is C13H15N7. The predicted molar refractivity (Wildman–Crippen MR) is 73.9 cm³/mol. The van der Waals surface area contributed by atoms with Gasteiger partial charge in [0.25, 0.3) is 0 Å². The van der Waals surface area contributed by atoms with Crippen LogP contribution in [0.25, 0.3) is 16.9 Å². The van der Waals surface area contributed by atoms with Crippen LogP contribution in [0.15, 0.2) is 36.8 Å². The van der Waals surface area contributed by atoms with Gasteiger partial charge in [-0.05, 0) is 36.4 Å². The van der Waals surface area contributed by atoms with E-state index in [2.05, 4.69) is 25.5 Å². The van der Waals surface area contributed by atoms with Crippen LogP contribution in [0.2, 0.25) is 0 Å². The van der Waals surface area contributed by atoms with Gasteiger partial charge in [-0.15, -0.1) is 5.10 Å². The van der Waals surface area contributed by atoms with E-state index in [1.165, 1.54) is 0 Å². The van der Waals surface area contributed by atoms with Gasteiger partial charge < -0.3 is 10.7 Å². The first-order chi connectivity index (χ1) is 9.54. The van der Waals surface area contributed by atoms with Crippen LogP contribution in [0.5, 0.6) is 0 Å². The summed E-state index contributed by atoms with van der Waals surface area (Å²) in [5, 5.41) is 11.1. The molecule has 0 unspecified atom stereocenters. The summed E-state index contributed by atoms with van der Waals surface area (Å²) in [6.07, 6.45) is 3.34. The number of nitrogens with one attached hydrogen (secondary N) is 1. The molecule has 0 aliphatic carbocycles. The highest BCUT2D eigenvalue weighted by Crippen LogP contribution is 2.22. The lowest BCUT2D eigenvalue weighted by Gasteiger charge is -2.14. The third kappa shape index (κ3) is 2.30. The number of nitrogens with two attached hydrogens (primary N) is 1. The summed E-state index contributed by atoms with van der Waals surface area (Å²) >= 11 is 0. The number of nitrogens with zero attached hydrogens (tertiary/aromatic N) is 5. The Morgan fingerprint density at radius 3 is 2.80 bits per heavy atom. The fraction of sp³-hybridized carbons (Fsp3) is 0.231. The van der Waals surface area contributed by atoms with Gasteiger partial charge in [0.15, 0.2) is 0 Å². The monoisotopic (exact) mass is 269 g/mol. The summed E-state index contributed by atoms with van der Waals surface area (Å²) in [5.74, 6) is 0.750. The summed E-state index contributed by atoms with van der Waals surface area (Å²) in [7, 11) is 0. The van der Waals surface area contributed by atoms with Crippen molar-refractivity contribution in [2.75, 3.05) is 0 Å². The quantitative estimate of drug-likeness (QED) is 0.745. The number of imidazole rings is 1. The molecule has 102 valence electrons. The Bertz CT molecular complexity index is 706. The maximum absolute atomic E-state index is 6.03. The van der Waals surface area contributed by atoms with Crippen molar-refractivity contribution in [3.8, 4) is 16.9 Å². The van der Waals surface area contributed by atoms with Crippen molar-refractivity contribution in [2.24, 2.45) is 5.73 Å². The van der Waals surface area contributed by atoms with E-state index in [4.69, 9.17) is 5.73 Å². The van der Waals surface area contributed by atoms with Crippen molar-refractivity contribution in [3.63, 3.8) is 0 Å². The van der Waals surface area contributed by atoms with Gasteiger partial charge in [0.1, 0.15) is 12.2 Å². The lowest BCUT2D eigenvalue weighted by atomic mass is 10.1. The molecule has 3 aromatic rings. The van der Waals surface area contributed by atoms with Crippen LogP contribution in [0.3, 0.4) is 0 Å². The fourth-order valence-electron chi connectivity index (χ4n) is 1.89. The number of hydrogen-bond donors (Lipinski definition) is 2. The molecule has 0 bridgehead atoms. The molecule has 0 aliphatic rings. The Balaban J connectivity index is 1.99. The number of aromatic nitrogens is 6. The molecule has 7 nitrogen and oxygen atoms in total. The van der Waals surface area contributed by atoms with E-state index in [1.807, 2.05) is 38.1 Å². The first-order valence-corrected chi connectivity index (χ1v) is 6.22. The Morgan fingerprint density at radius 1 is 1.30 bits per heavy atom. The number of H-pyrrole nitrogens is 1. The molecule has 0 aliphatic heterocycles. The van der Waals surface area contributed by atoms with Gasteiger partial charge in [-0.25, -0.2) is 9.67 Å². The first-order valence-electron chi connectivity index (χ1n) is 6.22. The lowest BCUT2D eigenvalue weighted by Crippen LogP contribution is -2.30. The highest BCUT2D eigenvalue weighted by atomic mass is 15.5. The topological polar surface area (TPSA) is 98.3 Å². The normalized spacial score (nSPS) is 11.8. The molecule has 0 spiro atoms. The molecule has 2 heterocycles. The van der Waals surface area contributed by atoms with Crippen LogP contribution in [-0.4, -0.2) is 30.2 Å². The van der Waals surface area contributed by atoms with Crippen molar-refractivity contribution in [3.05, 3.63) is 42.6 Å². The molecule has 0 saturated heterocycles. The second-order valence-electron chi connectivity index (χ2n) is 5.17. The van der Waals surface area contributed by atoms with Crippen molar-refractivity contribution in [2.45, 2.75) is 19.4 Å². The molecule has 1 aromatic carbocycles. The predicted octanol–water partition coefficient (Wildman–Crippen LogP) is 1.25. The second kappa shape index (κ2) is 4.53. The summed E-state index contributed by atoms with van der Waals surface area (Å²) in [6, 6.07) is 7.86. The number of rotatable bonds is 3. The molecule has 0 saturated carbocycles. The number of benzene rings is 1. The zero-order valence-electron chi connectivity index (χ0n) is 11.3. The Hall–Kier alpha value is -2.54. The van der Waals surface area contributed by atoms with Crippen molar-refractivity contribution in [1.29, 1.82) is 0 Å². The molecule has 7 heteroatoms. The minimum atomic E-state index is -0.494. The average Bonchev–Trinajstić information content (AvgIpc) is 3.10. The van der Waals surface area contributed by atoms with Crippen LogP contribution in [0, 0.1) is 0 Å². The SMILES string of the molecule is CC(C)(N)c1ncc(-c2cccc(-n3cnnn3)c2)[nH]1. The van der Waals surface area contributed by atoms with Crippen molar-refractivity contribution < 1.29 is 0 Å². The molecular weight excluding hydrogens is 254 g/mol. The Morgan fingerprint density at radius 2 is 2.15 bits per heavy atom. The van der Waals surface area contributed by atoms with E-state index in [0.29, 0.717) is 0 Å². The van der Waals surface area contributed by atoms with E-state index in [-0.39, 0.29) is 0 Å². The van der Waals surface area contributed by atoms with Crippen molar-refractivity contribution >= 4 is 0 Å². The molecule has 0 radical (unpaired) electrons. The van der Waals surface area contributed by atoms with Crippen LogP contribution in [0.4, 0.5) is 0 Å². The van der Waals surface area contributed by atoms with Crippen molar-refractivity contribution in [1.82, 2.24) is 30.2 Å². The van der Waals surface area contributed by atoms with Crippen LogP contribution in [0.1, 0.15) is 19.7 Å². The minimum absolute atomic E-state index is 0.494. The van der Waals surface area contributed by atoms with Gasteiger partial charge >= 0.3 is 0 Å². The summed E-state index contributed by atoms with van der Waals surface area (Å²) in [6.45, 7) is 3.82. The van der Waals surface area contributed by atoms with Crippen LogP contribution >= 0.6 is 0 Å². The highest BCUT2D eigenvalue weighted by molar-refractivity contribution is 5.61. The third-order valence-electron chi connectivity index (χ3n) is 2.96. The molecule has 2 aromatic heterocycles. The fourth-order valence-corrected chi connectivity index (χ4v) is 1.89. The lowest BCUT2D eigenvalue weighted by molar-refractivity contribution is 0.520. The summed E-state index contributed by atoms with van der Waals surface area (Å²) < 4.78 is 1.60. The minimum Gasteiger partial charge on any atom is -0.340 e. The van der Waals surface area contributed by atoms with Gasteiger partial charge in [0.2, 0.25) is 0 Å². The molecule has 0 fully saturated rings. The highest BCUT2D eigenvalue weighted by Gasteiger charge is 2.18. The average molecular weight is 269 g/mol.